The fourth-order valence-electron chi connectivity index (χ4n) is 3.24. The van der Waals surface area contributed by atoms with Crippen LogP contribution in [0.3, 0.4) is 0 Å². The molecule has 34 heavy (non-hydrogen) atoms. The van der Waals surface area contributed by atoms with Crippen LogP contribution in [0.2, 0.25) is 0 Å². The third-order valence-electron chi connectivity index (χ3n) is 4.71. The molecule has 11 heteroatoms. The van der Waals surface area contributed by atoms with Gasteiger partial charge in [-0.2, -0.15) is 0 Å². The summed E-state index contributed by atoms with van der Waals surface area (Å²) in [4.78, 5) is 29.4. The molecule has 1 amide bonds. The minimum Gasteiger partial charge on any atom is -0.493 e. The SMILES string of the molecule is O=C(Nc1ccccc1)c1cc(Cn2cc(O)n(-c3ccc(OC(F)(F)F)cc3)c2=O)ccn1. The van der Waals surface area contributed by atoms with Crippen LogP contribution in [0.25, 0.3) is 5.69 Å². The van der Waals surface area contributed by atoms with E-state index in [0.29, 0.717) is 11.3 Å². The number of anilines is 1. The normalized spacial score (nSPS) is 11.3. The summed E-state index contributed by atoms with van der Waals surface area (Å²) in [6, 6.07) is 16.5. The molecule has 4 rings (SSSR count). The highest BCUT2D eigenvalue weighted by Gasteiger charge is 2.31. The number of aromatic hydroxyl groups is 1. The van der Waals surface area contributed by atoms with Crippen LogP contribution in [0.1, 0.15) is 16.1 Å². The number of aromatic nitrogens is 3. The van der Waals surface area contributed by atoms with Crippen LogP contribution in [0.5, 0.6) is 11.6 Å². The zero-order valence-electron chi connectivity index (χ0n) is 17.4. The van der Waals surface area contributed by atoms with Crippen LogP contribution in [-0.2, 0) is 6.54 Å². The molecule has 0 aliphatic heterocycles. The Balaban J connectivity index is 1.53. The third-order valence-corrected chi connectivity index (χ3v) is 4.71. The van der Waals surface area contributed by atoms with Gasteiger partial charge in [-0.05, 0) is 54.1 Å². The maximum atomic E-state index is 12.8. The number of rotatable bonds is 6. The molecule has 2 aromatic carbocycles. The van der Waals surface area contributed by atoms with E-state index in [1.54, 1.807) is 30.3 Å². The van der Waals surface area contributed by atoms with Gasteiger partial charge in [0.15, 0.2) is 0 Å². The van der Waals surface area contributed by atoms with Crippen molar-refractivity contribution in [3.63, 3.8) is 0 Å². The predicted molar refractivity (Wildman–Crippen MR) is 116 cm³/mol. The van der Waals surface area contributed by atoms with Gasteiger partial charge in [-0.1, -0.05) is 18.2 Å². The largest absolute Gasteiger partial charge is 0.573 e. The highest BCUT2D eigenvalue weighted by Crippen LogP contribution is 2.24. The number of pyridine rings is 1. The first kappa shape index (κ1) is 22.6. The third kappa shape index (κ3) is 5.26. The molecule has 174 valence electrons. The number of hydrogen-bond donors (Lipinski definition) is 2. The maximum Gasteiger partial charge on any atom is 0.573 e. The fraction of sp³-hybridized carbons (Fsp3) is 0.0870. The number of carbonyl (C=O) groups is 1. The summed E-state index contributed by atoms with van der Waals surface area (Å²) in [6.45, 7) is 0.0167. The van der Waals surface area contributed by atoms with Crippen LogP contribution < -0.4 is 15.7 Å². The second-order valence-electron chi connectivity index (χ2n) is 7.14. The summed E-state index contributed by atoms with van der Waals surface area (Å²) >= 11 is 0. The molecule has 2 heterocycles. The summed E-state index contributed by atoms with van der Waals surface area (Å²) < 4.78 is 43.0. The average molecular weight is 470 g/mol. The number of halogens is 3. The first-order valence-electron chi connectivity index (χ1n) is 9.88. The summed E-state index contributed by atoms with van der Waals surface area (Å²) in [7, 11) is 0. The number of para-hydroxylation sites is 1. The van der Waals surface area contributed by atoms with Gasteiger partial charge in [0.1, 0.15) is 11.4 Å². The molecule has 0 aliphatic carbocycles. The molecule has 0 spiro atoms. The van der Waals surface area contributed by atoms with Crippen molar-refractivity contribution in [1.29, 1.82) is 0 Å². The Morgan fingerprint density at radius 3 is 2.44 bits per heavy atom. The van der Waals surface area contributed by atoms with Crippen molar-refractivity contribution in [2.45, 2.75) is 12.9 Å². The number of imidazole rings is 1. The monoisotopic (exact) mass is 470 g/mol. The van der Waals surface area contributed by atoms with E-state index in [1.807, 2.05) is 6.07 Å². The molecular weight excluding hydrogens is 453 g/mol. The number of benzene rings is 2. The minimum atomic E-state index is -4.84. The van der Waals surface area contributed by atoms with Crippen molar-refractivity contribution < 1.29 is 27.8 Å². The summed E-state index contributed by atoms with van der Waals surface area (Å²) in [6.07, 6.45) is -2.23. The van der Waals surface area contributed by atoms with Gasteiger partial charge in [-0.15, -0.1) is 13.2 Å². The zero-order chi connectivity index (χ0) is 24.3. The van der Waals surface area contributed by atoms with Gasteiger partial charge in [0.05, 0.1) is 18.4 Å². The van der Waals surface area contributed by atoms with Crippen molar-refractivity contribution >= 4 is 11.6 Å². The number of alkyl halides is 3. The fourth-order valence-corrected chi connectivity index (χ4v) is 3.24. The van der Waals surface area contributed by atoms with E-state index < -0.39 is 29.6 Å². The van der Waals surface area contributed by atoms with E-state index in [4.69, 9.17) is 0 Å². The lowest BCUT2D eigenvalue weighted by atomic mass is 10.2. The van der Waals surface area contributed by atoms with Crippen LogP contribution >= 0.6 is 0 Å². The Morgan fingerprint density at radius 2 is 1.76 bits per heavy atom. The molecule has 0 saturated carbocycles. The van der Waals surface area contributed by atoms with Crippen LogP contribution in [0.4, 0.5) is 18.9 Å². The van der Waals surface area contributed by atoms with Gasteiger partial charge >= 0.3 is 12.1 Å². The highest BCUT2D eigenvalue weighted by molar-refractivity contribution is 6.02. The second kappa shape index (κ2) is 9.14. The number of ether oxygens (including phenoxy) is 1. The summed E-state index contributed by atoms with van der Waals surface area (Å²) in [5, 5.41) is 13.0. The Hall–Kier alpha value is -4.54. The molecule has 2 aromatic heterocycles. The van der Waals surface area contributed by atoms with Gasteiger partial charge in [0.2, 0.25) is 5.88 Å². The van der Waals surface area contributed by atoms with Gasteiger partial charge in [-0.25, -0.2) is 9.36 Å². The number of hydrogen-bond acceptors (Lipinski definition) is 5. The molecular formula is C23H17F3N4O4. The molecule has 0 aliphatic rings. The first-order valence-corrected chi connectivity index (χ1v) is 9.88. The van der Waals surface area contributed by atoms with E-state index in [1.165, 1.54) is 35.2 Å². The molecule has 0 radical (unpaired) electrons. The number of nitrogens with one attached hydrogen (secondary N) is 1. The lowest BCUT2D eigenvalue weighted by molar-refractivity contribution is -0.274. The van der Waals surface area contributed by atoms with Crippen molar-refractivity contribution in [3.05, 3.63) is 101 Å². The first-order chi connectivity index (χ1) is 16.2. The van der Waals surface area contributed by atoms with Crippen molar-refractivity contribution in [1.82, 2.24) is 14.1 Å². The molecule has 8 nitrogen and oxygen atoms in total. The van der Waals surface area contributed by atoms with Gasteiger partial charge in [-0.3, -0.25) is 14.3 Å². The minimum absolute atomic E-state index is 0.0167. The van der Waals surface area contributed by atoms with E-state index in [2.05, 4.69) is 15.0 Å². The molecule has 0 fully saturated rings. The van der Waals surface area contributed by atoms with E-state index >= 15 is 0 Å². The van der Waals surface area contributed by atoms with Gasteiger partial charge < -0.3 is 15.2 Å². The maximum absolute atomic E-state index is 12.8. The van der Waals surface area contributed by atoms with E-state index in [-0.39, 0.29) is 17.9 Å². The summed E-state index contributed by atoms with van der Waals surface area (Å²) in [5.74, 6) is -1.30. The number of nitrogens with zero attached hydrogens (tertiary/aromatic N) is 3. The van der Waals surface area contributed by atoms with Gasteiger partial charge in [0.25, 0.3) is 5.91 Å². The van der Waals surface area contributed by atoms with E-state index in [9.17, 15) is 27.9 Å². The molecule has 2 N–H and O–H groups in total. The second-order valence-corrected chi connectivity index (χ2v) is 7.14. The summed E-state index contributed by atoms with van der Waals surface area (Å²) in [5.41, 5.74) is 0.826. The predicted octanol–water partition coefficient (Wildman–Crippen LogP) is 3.94. The Bertz CT molecular complexity index is 1360. The highest BCUT2D eigenvalue weighted by atomic mass is 19.4. The van der Waals surface area contributed by atoms with Crippen LogP contribution in [0.15, 0.2) is 83.9 Å². The average Bonchev–Trinajstić information content (AvgIpc) is 3.07. The van der Waals surface area contributed by atoms with Crippen LogP contribution in [0, 0.1) is 0 Å². The molecule has 0 saturated heterocycles. The lowest BCUT2D eigenvalue weighted by Gasteiger charge is -2.09. The molecule has 4 aromatic rings. The molecule has 0 atom stereocenters. The topological polar surface area (TPSA) is 98.4 Å². The van der Waals surface area contributed by atoms with Crippen molar-refractivity contribution in [2.24, 2.45) is 0 Å². The van der Waals surface area contributed by atoms with Crippen LogP contribution in [-0.4, -0.2) is 31.5 Å². The zero-order valence-corrected chi connectivity index (χ0v) is 17.4. The standard InChI is InChI=1S/C23H17F3N4O4/c24-23(25,26)34-18-8-6-17(7-9-18)30-20(31)14-29(22(30)33)13-15-10-11-27-19(12-15)21(32)28-16-4-2-1-3-5-16/h1-12,14,31H,13H2,(H,28,32). The smallest absolute Gasteiger partial charge is 0.493 e. The number of carbonyl (C=O) groups excluding carboxylic acids is 1. The Labute approximate surface area is 190 Å². The molecule has 0 bridgehead atoms. The number of amides is 1. The molecule has 0 unspecified atom stereocenters. The van der Waals surface area contributed by atoms with Gasteiger partial charge in [0, 0.05) is 11.9 Å². The lowest BCUT2D eigenvalue weighted by Crippen LogP contribution is -2.23. The van der Waals surface area contributed by atoms with Crippen molar-refractivity contribution in [2.75, 3.05) is 5.32 Å². The Kier molecular flexibility index (Phi) is 6.09. The quantitative estimate of drug-likeness (QED) is 0.445. The Morgan fingerprint density at radius 1 is 1.06 bits per heavy atom. The van der Waals surface area contributed by atoms with E-state index in [0.717, 1.165) is 16.7 Å². The van der Waals surface area contributed by atoms with Crippen molar-refractivity contribution in [3.8, 4) is 17.3 Å².